The molecule has 4 heteroatoms. The van der Waals surface area contributed by atoms with Crippen molar-refractivity contribution in [3.05, 3.63) is 30.0 Å². The second-order valence-corrected chi connectivity index (χ2v) is 5.24. The van der Waals surface area contributed by atoms with E-state index in [2.05, 4.69) is 0 Å². The third-order valence-electron chi connectivity index (χ3n) is 2.46. The standard InChI is InChI=1S/C15H18O4/c1-5-17-14(16)12-9-18-13-7-6-10(8-11(12)13)19-15(2,3)4/h6-9H,5H2,1-4H3. The van der Waals surface area contributed by atoms with Crippen LogP contribution in [0.3, 0.4) is 0 Å². The Bertz CT molecular complexity index is 590. The molecule has 0 fully saturated rings. The molecule has 0 saturated carbocycles. The molecule has 1 heterocycles. The molecule has 2 rings (SSSR count). The first-order valence-corrected chi connectivity index (χ1v) is 6.28. The van der Waals surface area contributed by atoms with Gasteiger partial charge in [0.1, 0.15) is 28.8 Å². The SMILES string of the molecule is CCOC(=O)c1coc2ccc(OC(C)(C)C)cc12. The predicted octanol–water partition coefficient (Wildman–Crippen LogP) is 3.79. The number of rotatable bonds is 3. The van der Waals surface area contributed by atoms with Gasteiger partial charge in [-0.25, -0.2) is 4.79 Å². The fourth-order valence-electron chi connectivity index (χ4n) is 1.79. The molecular formula is C15H18O4. The Morgan fingerprint density at radius 2 is 2.05 bits per heavy atom. The number of furan rings is 1. The molecule has 0 radical (unpaired) electrons. The van der Waals surface area contributed by atoms with Gasteiger partial charge in [0.25, 0.3) is 0 Å². The number of hydrogen-bond acceptors (Lipinski definition) is 4. The lowest BCUT2D eigenvalue weighted by molar-refractivity contribution is 0.0527. The molecule has 0 amide bonds. The van der Waals surface area contributed by atoms with Gasteiger partial charge < -0.3 is 13.9 Å². The summed E-state index contributed by atoms with van der Waals surface area (Å²) in [5, 5.41) is 0.709. The Hall–Kier alpha value is -1.97. The highest BCUT2D eigenvalue weighted by molar-refractivity contribution is 6.03. The molecule has 0 bridgehead atoms. The van der Waals surface area contributed by atoms with Crippen molar-refractivity contribution < 1.29 is 18.7 Å². The van der Waals surface area contributed by atoms with Crippen LogP contribution < -0.4 is 4.74 Å². The summed E-state index contributed by atoms with van der Waals surface area (Å²) in [5.41, 5.74) is 0.780. The lowest BCUT2D eigenvalue weighted by atomic mass is 10.1. The molecular weight excluding hydrogens is 244 g/mol. The van der Waals surface area contributed by atoms with Crippen molar-refractivity contribution in [3.63, 3.8) is 0 Å². The maximum absolute atomic E-state index is 11.8. The smallest absolute Gasteiger partial charge is 0.342 e. The Morgan fingerprint density at radius 3 is 2.68 bits per heavy atom. The average molecular weight is 262 g/mol. The highest BCUT2D eigenvalue weighted by Crippen LogP contribution is 2.28. The van der Waals surface area contributed by atoms with E-state index in [1.807, 2.05) is 26.8 Å². The van der Waals surface area contributed by atoms with Crippen LogP contribution in [0.2, 0.25) is 0 Å². The van der Waals surface area contributed by atoms with E-state index in [1.54, 1.807) is 19.1 Å². The van der Waals surface area contributed by atoms with Gasteiger partial charge in [0.15, 0.2) is 0 Å². The van der Waals surface area contributed by atoms with Crippen LogP contribution in [0, 0.1) is 0 Å². The van der Waals surface area contributed by atoms with Crippen molar-refractivity contribution in [2.45, 2.75) is 33.3 Å². The first-order valence-electron chi connectivity index (χ1n) is 6.28. The van der Waals surface area contributed by atoms with Gasteiger partial charge >= 0.3 is 5.97 Å². The van der Waals surface area contributed by atoms with Gasteiger partial charge in [-0.15, -0.1) is 0 Å². The zero-order valence-corrected chi connectivity index (χ0v) is 11.6. The van der Waals surface area contributed by atoms with Gasteiger partial charge in [0.05, 0.1) is 6.61 Å². The van der Waals surface area contributed by atoms with Crippen LogP contribution in [0.15, 0.2) is 28.9 Å². The summed E-state index contributed by atoms with van der Waals surface area (Å²) in [7, 11) is 0. The molecule has 0 spiro atoms. The van der Waals surface area contributed by atoms with E-state index >= 15 is 0 Å². The van der Waals surface area contributed by atoms with Crippen molar-refractivity contribution in [2.75, 3.05) is 6.61 Å². The fraction of sp³-hybridized carbons (Fsp3) is 0.400. The molecule has 1 aromatic carbocycles. The van der Waals surface area contributed by atoms with Crippen LogP contribution in [0.4, 0.5) is 0 Å². The third kappa shape index (κ3) is 3.08. The maximum Gasteiger partial charge on any atom is 0.342 e. The van der Waals surface area contributed by atoms with Crippen LogP contribution in [-0.2, 0) is 4.74 Å². The lowest BCUT2D eigenvalue weighted by Crippen LogP contribution is -2.22. The summed E-state index contributed by atoms with van der Waals surface area (Å²) in [6, 6.07) is 5.42. The molecule has 0 aliphatic heterocycles. The number of ether oxygens (including phenoxy) is 2. The molecule has 2 aromatic rings. The van der Waals surface area contributed by atoms with E-state index < -0.39 is 0 Å². The predicted molar refractivity (Wildman–Crippen MR) is 72.6 cm³/mol. The van der Waals surface area contributed by atoms with E-state index in [0.29, 0.717) is 28.9 Å². The second kappa shape index (κ2) is 4.96. The quantitative estimate of drug-likeness (QED) is 0.790. The number of carbonyl (C=O) groups excluding carboxylic acids is 1. The van der Waals surface area contributed by atoms with Gasteiger partial charge in [-0.1, -0.05) is 0 Å². The topological polar surface area (TPSA) is 48.7 Å². The summed E-state index contributed by atoms with van der Waals surface area (Å²) in [4.78, 5) is 11.8. The van der Waals surface area contributed by atoms with Crippen molar-refractivity contribution in [3.8, 4) is 5.75 Å². The number of hydrogen-bond donors (Lipinski definition) is 0. The number of fused-ring (bicyclic) bond motifs is 1. The van der Waals surface area contributed by atoms with E-state index in [0.717, 1.165) is 0 Å². The Labute approximate surface area is 112 Å². The summed E-state index contributed by atoms with van der Waals surface area (Å²) < 4.78 is 16.1. The Kier molecular flexibility index (Phi) is 3.51. The summed E-state index contributed by atoms with van der Waals surface area (Å²) in [5.74, 6) is 0.320. The van der Waals surface area contributed by atoms with E-state index in [1.165, 1.54) is 6.26 Å². The first-order chi connectivity index (χ1) is 8.90. The second-order valence-electron chi connectivity index (χ2n) is 5.24. The largest absolute Gasteiger partial charge is 0.488 e. The van der Waals surface area contributed by atoms with Crippen LogP contribution in [-0.4, -0.2) is 18.2 Å². The number of esters is 1. The minimum Gasteiger partial charge on any atom is -0.488 e. The van der Waals surface area contributed by atoms with Crippen molar-refractivity contribution >= 4 is 16.9 Å². The van der Waals surface area contributed by atoms with Gasteiger partial charge in [-0.3, -0.25) is 0 Å². The number of carbonyl (C=O) groups is 1. The summed E-state index contributed by atoms with van der Waals surface area (Å²) in [6.07, 6.45) is 1.42. The van der Waals surface area contributed by atoms with Crippen LogP contribution in [0.1, 0.15) is 38.1 Å². The molecule has 0 aliphatic rings. The lowest BCUT2D eigenvalue weighted by Gasteiger charge is -2.21. The zero-order chi connectivity index (χ0) is 14.0. The highest BCUT2D eigenvalue weighted by Gasteiger charge is 2.17. The monoisotopic (exact) mass is 262 g/mol. The minimum absolute atomic E-state index is 0.290. The normalized spacial score (nSPS) is 11.6. The Balaban J connectivity index is 2.40. The molecule has 19 heavy (non-hydrogen) atoms. The highest BCUT2D eigenvalue weighted by atomic mass is 16.5. The average Bonchev–Trinajstić information content (AvgIpc) is 2.70. The molecule has 102 valence electrons. The molecule has 4 nitrogen and oxygen atoms in total. The number of benzene rings is 1. The van der Waals surface area contributed by atoms with Crippen LogP contribution >= 0.6 is 0 Å². The molecule has 0 aliphatic carbocycles. The summed E-state index contributed by atoms with van der Waals surface area (Å²) >= 11 is 0. The van der Waals surface area contributed by atoms with Crippen LogP contribution in [0.5, 0.6) is 5.75 Å². The fourth-order valence-corrected chi connectivity index (χ4v) is 1.79. The molecule has 0 unspecified atom stereocenters. The van der Waals surface area contributed by atoms with E-state index in [4.69, 9.17) is 13.9 Å². The maximum atomic E-state index is 11.8. The zero-order valence-electron chi connectivity index (χ0n) is 11.6. The summed E-state index contributed by atoms with van der Waals surface area (Å²) in [6.45, 7) is 8.02. The van der Waals surface area contributed by atoms with Gasteiger partial charge in [-0.05, 0) is 45.9 Å². The first kappa shape index (κ1) is 13.5. The molecule has 0 atom stereocenters. The molecule has 0 saturated heterocycles. The van der Waals surface area contributed by atoms with Crippen molar-refractivity contribution in [1.29, 1.82) is 0 Å². The van der Waals surface area contributed by atoms with Crippen molar-refractivity contribution in [2.24, 2.45) is 0 Å². The molecule has 0 N–H and O–H groups in total. The van der Waals surface area contributed by atoms with Gasteiger partial charge in [0, 0.05) is 5.39 Å². The van der Waals surface area contributed by atoms with Gasteiger partial charge in [-0.2, -0.15) is 0 Å². The Morgan fingerprint density at radius 1 is 1.32 bits per heavy atom. The van der Waals surface area contributed by atoms with Crippen molar-refractivity contribution in [1.82, 2.24) is 0 Å². The van der Waals surface area contributed by atoms with E-state index in [-0.39, 0.29) is 11.6 Å². The molecule has 1 aromatic heterocycles. The van der Waals surface area contributed by atoms with E-state index in [9.17, 15) is 4.79 Å². The minimum atomic E-state index is -0.380. The van der Waals surface area contributed by atoms with Crippen LogP contribution in [0.25, 0.3) is 11.0 Å². The van der Waals surface area contributed by atoms with Gasteiger partial charge in [0.2, 0.25) is 0 Å². The third-order valence-corrected chi connectivity index (χ3v) is 2.46.